The van der Waals surface area contributed by atoms with Gasteiger partial charge in [0.25, 0.3) is 16.6 Å². The zero-order valence-electron chi connectivity index (χ0n) is 36.0. The Kier molecular flexibility index (Phi) is 11.8. The summed E-state index contributed by atoms with van der Waals surface area (Å²) in [6.45, 7) is 17.4. The van der Waals surface area contributed by atoms with E-state index in [0.29, 0.717) is 13.2 Å². The third-order valence-corrected chi connectivity index (χ3v) is 23.6. The molecule has 1 aliphatic carbocycles. The molecule has 2 saturated heterocycles. The van der Waals surface area contributed by atoms with Crippen LogP contribution in [0, 0.1) is 17.3 Å². The molecule has 6 nitrogen and oxygen atoms in total. The summed E-state index contributed by atoms with van der Waals surface area (Å²) >= 11 is 0. The van der Waals surface area contributed by atoms with E-state index in [9.17, 15) is 0 Å². The van der Waals surface area contributed by atoms with E-state index in [2.05, 4.69) is 182 Å². The first-order valence-corrected chi connectivity index (χ1v) is 25.2. The fraction of sp³-hybridized carbons (Fsp3) is 0.412. The van der Waals surface area contributed by atoms with E-state index in [0.717, 1.165) is 12.0 Å². The van der Waals surface area contributed by atoms with Gasteiger partial charge in [-0.05, 0) is 37.2 Å². The average molecular weight is 827 g/mol. The third kappa shape index (κ3) is 7.44. The van der Waals surface area contributed by atoms with Crippen LogP contribution in [0.25, 0.3) is 0 Å². The first-order chi connectivity index (χ1) is 28.3. The van der Waals surface area contributed by atoms with Crippen LogP contribution in [0.4, 0.5) is 0 Å². The second-order valence-electron chi connectivity index (χ2n) is 19.1. The molecule has 2 heterocycles. The van der Waals surface area contributed by atoms with Crippen molar-refractivity contribution >= 4 is 37.4 Å². The van der Waals surface area contributed by atoms with Gasteiger partial charge in [0.2, 0.25) is 0 Å². The molecule has 8 heteroatoms. The summed E-state index contributed by atoms with van der Waals surface area (Å²) in [5.41, 5.74) is 0.597. The van der Waals surface area contributed by atoms with E-state index >= 15 is 0 Å². The summed E-state index contributed by atoms with van der Waals surface area (Å²) in [5.74, 6) is -0.208. The lowest BCUT2D eigenvalue weighted by Crippen LogP contribution is -2.69. The number of benzene rings is 5. The van der Waals surface area contributed by atoms with Crippen LogP contribution in [0.3, 0.4) is 0 Å². The SMILES string of the molecule is CO[C@H]1OC2CO[C@H](c3ccccc3)OC2[C@]2(C)C[C@H](O[Si](c3ccccc3)(c3ccccc3)C(C)(C)C)[C@H](CO[Si](c3ccccc3)(c3ccccc3)C(C)(C)C)[C@H]12. The number of ether oxygens (including phenoxy) is 4. The van der Waals surface area contributed by atoms with Crippen LogP contribution in [-0.2, 0) is 27.8 Å². The van der Waals surface area contributed by atoms with Crippen molar-refractivity contribution in [1.82, 2.24) is 0 Å². The van der Waals surface area contributed by atoms with Crippen LogP contribution < -0.4 is 20.7 Å². The van der Waals surface area contributed by atoms with Crippen LogP contribution in [0.1, 0.15) is 66.7 Å². The van der Waals surface area contributed by atoms with Crippen molar-refractivity contribution in [3.63, 3.8) is 0 Å². The Hall–Kier alpha value is -3.71. The maximum atomic E-state index is 8.23. The van der Waals surface area contributed by atoms with Gasteiger partial charge in [-0.15, -0.1) is 0 Å². The van der Waals surface area contributed by atoms with Gasteiger partial charge in [0.1, 0.15) is 6.10 Å². The molecule has 310 valence electrons. The Balaban J connectivity index is 1.29. The molecule has 0 bridgehead atoms. The Labute approximate surface area is 354 Å². The molecule has 0 aromatic heterocycles. The molecule has 8 rings (SSSR count). The summed E-state index contributed by atoms with van der Waals surface area (Å²) in [6.07, 6.45) is -1.03. The van der Waals surface area contributed by atoms with Gasteiger partial charge < -0.3 is 27.8 Å². The molecule has 2 unspecified atom stereocenters. The quantitative estimate of drug-likeness (QED) is 0.124. The van der Waals surface area contributed by atoms with Crippen molar-refractivity contribution in [3.8, 4) is 0 Å². The zero-order chi connectivity index (χ0) is 41.5. The minimum atomic E-state index is -3.03. The highest BCUT2D eigenvalue weighted by atomic mass is 28.4. The highest BCUT2D eigenvalue weighted by Crippen LogP contribution is 2.60. The molecule has 2 aliphatic heterocycles. The minimum Gasteiger partial charge on any atom is -0.407 e. The van der Waals surface area contributed by atoms with E-state index in [1.165, 1.54) is 20.7 Å². The maximum absolute atomic E-state index is 8.23. The summed E-state index contributed by atoms with van der Waals surface area (Å²) in [7, 11) is -4.20. The number of hydrogen-bond acceptors (Lipinski definition) is 6. The summed E-state index contributed by atoms with van der Waals surface area (Å²) in [6, 6.07) is 54.1. The summed E-state index contributed by atoms with van der Waals surface area (Å²) in [4.78, 5) is 0. The predicted octanol–water partition coefficient (Wildman–Crippen LogP) is 8.64. The van der Waals surface area contributed by atoms with Gasteiger partial charge >= 0.3 is 0 Å². The van der Waals surface area contributed by atoms with E-state index in [4.69, 9.17) is 27.8 Å². The van der Waals surface area contributed by atoms with E-state index in [1.54, 1.807) is 7.11 Å². The fourth-order valence-electron chi connectivity index (χ4n) is 11.0. The van der Waals surface area contributed by atoms with Crippen LogP contribution in [0.5, 0.6) is 0 Å². The highest BCUT2D eigenvalue weighted by molar-refractivity contribution is 7.00. The second-order valence-corrected chi connectivity index (χ2v) is 27.7. The lowest BCUT2D eigenvalue weighted by Gasteiger charge is -2.54. The van der Waals surface area contributed by atoms with E-state index < -0.39 is 34.6 Å². The van der Waals surface area contributed by atoms with Crippen LogP contribution in [0.2, 0.25) is 10.1 Å². The highest BCUT2D eigenvalue weighted by Gasteiger charge is 2.67. The second kappa shape index (κ2) is 16.6. The van der Waals surface area contributed by atoms with Crippen LogP contribution >= 0.6 is 0 Å². The zero-order valence-corrected chi connectivity index (χ0v) is 38.0. The van der Waals surface area contributed by atoms with Crippen molar-refractivity contribution in [2.24, 2.45) is 17.3 Å². The lowest BCUT2D eigenvalue weighted by molar-refractivity contribution is -0.360. The monoisotopic (exact) mass is 826 g/mol. The molecule has 3 aliphatic rings. The molecule has 5 aromatic rings. The Morgan fingerprint density at radius 1 is 0.610 bits per heavy atom. The number of rotatable bonds is 11. The molecular formula is C51H62O6Si2. The van der Waals surface area contributed by atoms with Gasteiger partial charge in [-0.1, -0.05) is 200 Å². The van der Waals surface area contributed by atoms with Crippen molar-refractivity contribution in [2.75, 3.05) is 20.3 Å². The predicted molar refractivity (Wildman–Crippen MR) is 241 cm³/mol. The van der Waals surface area contributed by atoms with Gasteiger partial charge in [0.05, 0.1) is 18.8 Å². The summed E-state index contributed by atoms with van der Waals surface area (Å²) < 4.78 is 43.0. The lowest BCUT2D eigenvalue weighted by atomic mass is 9.68. The summed E-state index contributed by atoms with van der Waals surface area (Å²) in [5, 5.41) is 4.61. The van der Waals surface area contributed by atoms with Crippen molar-refractivity contribution in [2.45, 2.75) is 95.9 Å². The molecule has 3 fully saturated rings. The number of hydrogen-bond donors (Lipinski definition) is 0. The van der Waals surface area contributed by atoms with Crippen molar-refractivity contribution < 1.29 is 27.8 Å². The third-order valence-electron chi connectivity index (χ3n) is 13.6. The van der Waals surface area contributed by atoms with Crippen molar-refractivity contribution in [1.29, 1.82) is 0 Å². The molecule has 5 aromatic carbocycles. The molecule has 0 radical (unpaired) electrons. The molecule has 0 spiro atoms. The molecule has 0 N–H and O–H groups in total. The number of fused-ring (bicyclic) bond motifs is 3. The molecular weight excluding hydrogens is 765 g/mol. The van der Waals surface area contributed by atoms with Gasteiger partial charge in [0.15, 0.2) is 12.6 Å². The van der Waals surface area contributed by atoms with E-state index in [-0.39, 0.29) is 40.2 Å². The maximum Gasteiger partial charge on any atom is 0.261 e. The van der Waals surface area contributed by atoms with Crippen LogP contribution in [0.15, 0.2) is 152 Å². The van der Waals surface area contributed by atoms with Gasteiger partial charge in [0, 0.05) is 36.5 Å². The smallest absolute Gasteiger partial charge is 0.261 e. The Bertz CT molecular complexity index is 2030. The van der Waals surface area contributed by atoms with Crippen molar-refractivity contribution in [3.05, 3.63) is 157 Å². The Morgan fingerprint density at radius 2 is 1.05 bits per heavy atom. The first-order valence-electron chi connectivity index (χ1n) is 21.4. The van der Waals surface area contributed by atoms with Gasteiger partial charge in [-0.3, -0.25) is 0 Å². The van der Waals surface area contributed by atoms with Crippen LogP contribution in [-0.4, -0.2) is 61.6 Å². The van der Waals surface area contributed by atoms with Gasteiger partial charge in [-0.2, -0.15) is 0 Å². The topological polar surface area (TPSA) is 55.4 Å². The first kappa shape index (κ1) is 42.0. The molecule has 0 amide bonds. The standard InChI is InChI=1S/C51H62O6Si2/c1-49(2,3)58(38-26-16-10-17-27-38,39-28-18-11-19-29-39)54-35-42-43(57-59(50(4,5)6,40-30-20-12-21-31-40)41-32-22-13-23-33-41)34-51(7)45(42)48(52-8)55-44-36-53-47(56-46(44)51)37-24-14-9-15-25-37/h9-33,42-48H,34-36H2,1-8H3/t42-,43-,44?,45+,46?,47-,48-,51+/m0/s1. The van der Waals surface area contributed by atoms with Gasteiger partial charge in [-0.25, -0.2) is 0 Å². The molecule has 1 saturated carbocycles. The average Bonchev–Trinajstić information content (AvgIpc) is 3.54. The normalized spacial score (nSPS) is 27.5. The fourth-order valence-corrected chi connectivity index (χ4v) is 20.3. The number of methoxy groups -OCH3 is 1. The Morgan fingerprint density at radius 3 is 1.49 bits per heavy atom. The van der Waals surface area contributed by atoms with E-state index in [1.807, 2.05) is 18.2 Å². The molecule has 59 heavy (non-hydrogen) atoms. The largest absolute Gasteiger partial charge is 0.407 e. The molecule has 8 atom stereocenters. The minimum absolute atomic E-state index is 0.101.